The van der Waals surface area contributed by atoms with Crippen molar-refractivity contribution >= 4 is 11.6 Å². The number of nitriles is 1. The predicted octanol–water partition coefficient (Wildman–Crippen LogP) is 3.21. The van der Waals surface area contributed by atoms with Crippen LogP contribution < -0.4 is 10.1 Å². The molecule has 0 saturated carbocycles. The number of carbonyl (C=O) groups excluding carboxylic acids is 1. The van der Waals surface area contributed by atoms with Crippen LogP contribution in [0.25, 0.3) is 0 Å². The molecule has 20 heavy (non-hydrogen) atoms. The Bertz CT molecular complexity index is 642. The van der Waals surface area contributed by atoms with Gasteiger partial charge in [-0.1, -0.05) is 12.1 Å². The number of para-hydroxylation sites is 2. The highest BCUT2D eigenvalue weighted by atomic mass is 16.5. The van der Waals surface area contributed by atoms with Crippen LogP contribution >= 0.6 is 0 Å². The third kappa shape index (κ3) is 3.15. The lowest BCUT2D eigenvalue weighted by Crippen LogP contribution is -2.12. The highest BCUT2D eigenvalue weighted by Gasteiger charge is 2.09. The standard InChI is InChI=1S/C16H14N2O2/c1-2-20-15-6-4-3-5-14(15)18-16(19)13-9-7-12(11-17)8-10-13/h3-10H,2H2,1H3,(H,18,19). The summed E-state index contributed by atoms with van der Waals surface area (Å²) in [6.07, 6.45) is 0. The van der Waals surface area contributed by atoms with Gasteiger partial charge in [-0.3, -0.25) is 4.79 Å². The third-order valence-electron chi connectivity index (χ3n) is 2.71. The van der Waals surface area contributed by atoms with Crippen molar-refractivity contribution in [2.24, 2.45) is 0 Å². The first-order chi connectivity index (χ1) is 9.74. The van der Waals surface area contributed by atoms with Crippen LogP contribution in [0, 0.1) is 11.3 Å². The second-order valence-corrected chi connectivity index (χ2v) is 4.07. The van der Waals surface area contributed by atoms with Crippen molar-refractivity contribution < 1.29 is 9.53 Å². The van der Waals surface area contributed by atoms with E-state index in [0.29, 0.717) is 29.2 Å². The number of ether oxygens (including phenoxy) is 1. The Kier molecular flexibility index (Phi) is 4.35. The van der Waals surface area contributed by atoms with E-state index >= 15 is 0 Å². The SMILES string of the molecule is CCOc1ccccc1NC(=O)c1ccc(C#N)cc1. The molecule has 0 atom stereocenters. The molecule has 0 saturated heterocycles. The highest BCUT2D eigenvalue weighted by molar-refractivity contribution is 6.05. The summed E-state index contributed by atoms with van der Waals surface area (Å²) in [5.74, 6) is 0.402. The summed E-state index contributed by atoms with van der Waals surface area (Å²) in [5, 5.41) is 11.5. The van der Waals surface area contributed by atoms with Crippen LogP contribution in [-0.4, -0.2) is 12.5 Å². The van der Waals surface area contributed by atoms with Crippen LogP contribution in [0.15, 0.2) is 48.5 Å². The number of anilines is 1. The van der Waals surface area contributed by atoms with Gasteiger partial charge in [0.25, 0.3) is 5.91 Å². The number of nitrogens with zero attached hydrogens (tertiary/aromatic N) is 1. The summed E-state index contributed by atoms with van der Waals surface area (Å²) in [6.45, 7) is 2.42. The molecular weight excluding hydrogens is 252 g/mol. The Labute approximate surface area is 117 Å². The van der Waals surface area contributed by atoms with E-state index in [1.807, 2.05) is 25.1 Å². The van der Waals surface area contributed by atoms with Gasteiger partial charge in [0.2, 0.25) is 0 Å². The van der Waals surface area contributed by atoms with E-state index in [4.69, 9.17) is 10.00 Å². The van der Waals surface area contributed by atoms with E-state index in [1.54, 1.807) is 36.4 Å². The van der Waals surface area contributed by atoms with Crippen molar-refractivity contribution in [1.29, 1.82) is 5.26 Å². The van der Waals surface area contributed by atoms with E-state index in [1.165, 1.54) is 0 Å². The zero-order chi connectivity index (χ0) is 14.4. The van der Waals surface area contributed by atoms with E-state index < -0.39 is 0 Å². The lowest BCUT2D eigenvalue weighted by molar-refractivity contribution is 0.102. The molecular formula is C16H14N2O2. The number of hydrogen-bond donors (Lipinski definition) is 1. The number of amides is 1. The molecule has 0 unspecified atom stereocenters. The summed E-state index contributed by atoms with van der Waals surface area (Å²) in [7, 11) is 0. The number of carbonyl (C=O) groups is 1. The molecule has 0 heterocycles. The summed E-state index contributed by atoms with van der Waals surface area (Å²) >= 11 is 0. The molecule has 2 aromatic rings. The zero-order valence-corrected chi connectivity index (χ0v) is 11.1. The molecule has 0 fully saturated rings. The van der Waals surface area contributed by atoms with Gasteiger partial charge in [0, 0.05) is 5.56 Å². The molecule has 1 N–H and O–H groups in total. The van der Waals surface area contributed by atoms with E-state index in [9.17, 15) is 4.79 Å². The average Bonchev–Trinajstić information content (AvgIpc) is 2.49. The van der Waals surface area contributed by atoms with Crippen LogP contribution in [0.5, 0.6) is 5.75 Å². The van der Waals surface area contributed by atoms with Crippen molar-refractivity contribution in [3.8, 4) is 11.8 Å². The largest absolute Gasteiger partial charge is 0.492 e. The van der Waals surface area contributed by atoms with E-state index in [2.05, 4.69) is 5.32 Å². The van der Waals surface area contributed by atoms with Gasteiger partial charge < -0.3 is 10.1 Å². The second kappa shape index (κ2) is 6.39. The number of nitrogens with one attached hydrogen (secondary N) is 1. The van der Waals surface area contributed by atoms with Crippen molar-refractivity contribution in [3.05, 3.63) is 59.7 Å². The first-order valence-electron chi connectivity index (χ1n) is 6.28. The van der Waals surface area contributed by atoms with Crippen LogP contribution in [0.4, 0.5) is 5.69 Å². The summed E-state index contributed by atoms with van der Waals surface area (Å²) in [4.78, 5) is 12.1. The normalized spacial score (nSPS) is 9.60. The molecule has 1 amide bonds. The van der Waals surface area contributed by atoms with Crippen molar-refractivity contribution in [2.75, 3.05) is 11.9 Å². The topological polar surface area (TPSA) is 62.1 Å². The molecule has 0 spiro atoms. The quantitative estimate of drug-likeness (QED) is 0.924. The van der Waals surface area contributed by atoms with Gasteiger partial charge in [0.15, 0.2) is 0 Å². The summed E-state index contributed by atoms with van der Waals surface area (Å²) < 4.78 is 5.45. The van der Waals surface area contributed by atoms with Crippen molar-refractivity contribution in [1.82, 2.24) is 0 Å². The molecule has 0 aromatic heterocycles. The van der Waals surface area contributed by atoms with Gasteiger partial charge in [0.05, 0.1) is 23.9 Å². The van der Waals surface area contributed by atoms with Crippen molar-refractivity contribution in [2.45, 2.75) is 6.92 Å². The predicted molar refractivity (Wildman–Crippen MR) is 76.7 cm³/mol. The molecule has 2 aromatic carbocycles. The monoisotopic (exact) mass is 266 g/mol. The van der Waals surface area contributed by atoms with Crippen LogP contribution in [0.2, 0.25) is 0 Å². The molecule has 0 aliphatic rings. The first-order valence-corrected chi connectivity index (χ1v) is 6.28. The van der Waals surface area contributed by atoms with Crippen LogP contribution in [0.1, 0.15) is 22.8 Å². The fourth-order valence-corrected chi connectivity index (χ4v) is 1.74. The molecule has 4 nitrogen and oxygen atoms in total. The average molecular weight is 266 g/mol. The fraction of sp³-hybridized carbons (Fsp3) is 0.125. The second-order valence-electron chi connectivity index (χ2n) is 4.07. The Hall–Kier alpha value is -2.80. The Morgan fingerprint density at radius 2 is 1.90 bits per heavy atom. The maximum Gasteiger partial charge on any atom is 0.255 e. The van der Waals surface area contributed by atoms with Gasteiger partial charge in [-0.25, -0.2) is 0 Å². The minimum atomic E-state index is -0.235. The van der Waals surface area contributed by atoms with E-state index in [-0.39, 0.29) is 5.91 Å². The molecule has 0 aliphatic heterocycles. The summed E-state index contributed by atoms with van der Waals surface area (Å²) in [6, 6.07) is 15.8. The van der Waals surface area contributed by atoms with Gasteiger partial charge in [-0.05, 0) is 43.3 Å². The molecule has 0 radical (unpaired) electrons. The third-order valence-corrected chi connectivity index (χ3v) is 2.71. The van der Waals surface area contributed by atoms with Crippen LogP contribution in [-0.2, 0) is 0 Å². The van der Waals surface area contributed by atoms with Gasteiger partial charge >= 0.3 is 0 Å². The summed E-state index contributed by atoms with van der Waals surface area (Å²) in [5.41, 5.74) is 1.65. The number of hydrogen-bond acceptors (Lipinski definition) is 3. The van der Waals surface area contributed by atoms with Gasteiger partial charge in [-0.2, -0.15) is 5.26 Å². The fourth-order valence-electron chi connectivity index (χ4n) is 1.74. The molecule has 100 valence electrons. The Morgan fingerprint density at radius 3 is 2.55 bits per heavy atom. The molecule has 2 rings (SSSR count). The molecule has 4 heteroatoms. The molecule has 0 aliphatic carbocycles. The first kappa shape index (κ1) is 13.6. The maximum absolute atomic E-state index is 12.1. The minimum Gasteiger partial charge on any atom is -0.492 e. The van der Waals surface area contributed by atoms with Gasteiger partial charge in [0.1, 0.15) is 5.75 Å². The smallest absolute Gasteiger partial charge is 0.255 e. The van der Waals surface area contributed by atoms with Crippen LogP contribution in [0.3, 0.4) is 0 Å². The Morgan fingerprint density at radius 1 is 1.20 bits per heavy atom. The van der Waals surface area contributed by atoms with E-state index in [0.717, 1.165) is 0 Å². The minimum absolute atomic E-state index is 0.235. The van der Waals surface area contributed by atoms with Gasteiger partial charge in [-0.15, -0.1) is 0 Å². The maximum atomic E-state index is 12.1. The van der Waals surface area contributed by atoms with Crippen molar-refractivity contribution in [3.63, 3.8) is 0 Å². The Balaban J connectivity index is 2.17. The number of benzene rings is 2. The zero-order valence-electron chi connectivity index (χ0n) is 11.1. The highest BCUT2D eigenvalue weighted by Crippen LogP contribution is 2.24. The molecule has 0 bridgehead atoms. The lowest BCUT2D eigenvalue weighted by Gasteiger charge is -2.11. The number of rotatable bonds is 4. The lowest BCUT2D eigenvalue weighted by atomic mass is 10.1.